The van der Waals surface area contributed by atoms with Gasteiger partial charge in [0, 0.05) is 17.5 Å². The minimum Gasteiger partial charge on any atom is -0.390 e. The van der Waals surface area contributed by atoms with Gasteiger partial charge in [0.1, 0.15) is 0 Å². The van der Waals surface area contributed by atoms with E-state index >= 15 is 0 Å². The maximum Gasteiger partial charge on any atom is 0.157 e. The zero-order valence-electron chi connectivity index (χ0n) is 19.7. The number of hydrogen-bond donors (Lipinski definition) is 1. The van der Waals surface area contributed by atoms with Gasteiger partial charge in [0.25, 0.3) is 0 Å². The predicted molar refractivity (Wildman–Crippen MR) is 126 cm³/mol. The Balaban J connectivity index is 1.18. The van der Waals surface area contributed by atoms with Crippen LogP contribution in [0.3, 0.4) is 0 Å². The number of benzene rings is 1. The summed E-state index contributed by atoms with van der Waals surface area (Å²) >= 11 is 0. The molecule has 4 nitrogen and oxygen atoms in total. The van der Waals surface area contributed by atoms with E-state index in [0.29, 0.717) is 18.2 Å². The van der Waals surface area contributed by atoms with Gasteiger partial charge in [0.2, 0.25) is 0 Å². The van der Waals surface area contributed by atoms with Crippen molar-refractivity contribution in [2.75, 3.05) is 0 Å². The van der Waals surface area contributed by atoms with Gasteiger partial charge in [0.15, 0.2) is 5.78 Å². The van der Waals surface area contributed by atoms with Crippen LogP contribution >= 0.6 is 0 Å². The third kappa shape index (κ3) is 3.28. The summed E-state index contributed by atoms with van der Waals surface area (Å²) < 4.78 is 1.87. The van der Waals surface area contributed by atoms with Gasteiger partial charge in [-0.2, -0.15) is 5.10 Å². The summed E-state index contributed by atoms with van der Waals surface area (Å²) in [5, 5.41) is 16.4. The fourth-order valence-electron chi connectivity index (χ4n) is 8.98. The van der Waals surface area contributed by atoms with E-state index in [-0.39, 0.29) is 11.3 Å². The number of fused-ring (bicyclic) bond motifs is 6. The van der Waals surface area contributed by atoms with E-state index in [1.807, 2.05) is 36.0 Å². The number of Topliss-reactive ketones (excluding diaryl/α,β-unsaturated/α-hetero) is 1. The average Bonchev–Trinajstić information content (AvgIpc) is 3.32. The molecule has 2 unspecified atom stereocenters. The SMILES string of the molecule is C[C@@]1(O)CC[C@@H]2C3CC[C@]4(C)[C@@H](C(=O)Cn5cc6ccccc6n5)CC[C@H]4C3CC[C@@H]2C1. The van der Waals surface area contributed by atoms with Crippen molar-refractivity contribution in [3.63, 3.8) is 0 Å². The van der Waals surface area contributed by atoms with Crippen LogP contribution in [0.25, 0.3) is 10.9 Å². The molecule has 4 fully saturated rings. The molecule has 172 valence electrons. The molecule has 1 N–H and O–H groups in total. The van der Waals surface area contributed by atoms with Crippen molar-refractivity contribution in [1.29, 1.82) is 0 Å². The molecule has 6 rings (SSSR count). The molecule has 0 bridgehead atoms. The smallest absolute Gasteiger partial charge is 0.157 e. The Labute approximate surface area is 191 Å². The van der Waals surface area contributed by atoms with Crippen molar-refractivity contribution in [2.45, 2.75) is 83.8 Å². The van der Waals surface area contributed by atoms with Crippen LogP contribution in [0.1, 0.15) is 71.6 Å². The van der Waals surface area contributed by atoms with Crippen LogP contribution in [-0.2, 0) is 11.3 Å². The van der Waals surface area contributed by atoms with Crippen molar-refractivity contribution in [2.24, 2.45) is 40.9 Å². The third-order valence-electron chi connectivity index (χ3n) is 10.4. The Morgan fingerprint density at radius 3 is 2.69 bits per heavy atom. The highest BCUT2D eigenvalue weighted by molar-refractivity contribution is 5.83. The lowest BCUT2D eigenvalue weighted by atomic mass is 9.49. The summed E-state index contributed by atoms with van der Waals surface area (Å²) in [5.41, 5.74) is 0.691. The van der Waals surface area contributed by atoms with Gasteiger partial charge in [-0.3, -0.25) is 9.48 Å². The molecule has 4 aliphatic carbocycles. The highest BCUT2D eigenvalue weighted by Gasteiger charge is 2.58. The number of rotatable bonds is 3. The summed E-state index contributed by atoms with van der Waals surface area (Å²) in [6.07, 6.45) is 12.6. The monoisotopic (exact) mass is 434 g/mol. The van der Waals surface area contributed by atoms with E-state index in [1.54, 1.807) is 0 Å². The second-order valence-corrected chi connectivity index (χ2v) is 12.2. The van der Waals surface area contributed by atoms with E-state index in [4.69, 9.17) is 0 Å². The summed E-state index contributed by atoms with van der Waals surface area (Å²) in [7, 11) is 0. The van der Waals surface area contributed by atoms with Crippen LogP contribution in [0, 0.1) is 40.9 Å². The molecule has 8 atom stereocenters. The average molecular weight is 435 g/mol. The Morgan fingerprint density at radius 2 is 1.84 bits per heavy atom. The highest BCUT2D eigenvalue weighted by Crippen LogP contribution is 2.64. The highest BCUT2D eigenvalue weighted by atomic mass is 16.3. The number of hydrogen-bond acceptors (Lipinski definition) is 3. The van der Waals surface area contributed by atoms with Crippen molar-refractivity contribution in [1.82, 2.24) is 9.78 Å². The topological polar surface area (TPSA) is 55.1 Å². The van der Waals surface area contributed by atoms with E-state index in [9.17, 15) is 9.90 Å². The molecule has 4 aliphatic rings. The summed E-state index contributed by atoms with van der Waals surface area (Å²) in [6.45, 7) is 4.90. The molecule has 1 heterocycles. The molecule has 32 heavy (non-hydrogen) atoms. The molecule has 0 aliphatic heterocycles. The summed E-state index contributed by atoms with van der Waals surface area (Å²) in [4.78, 5) is 13.5. The van der Waals surface area contributed by atoms with Crippen LogP contribution in [0.5, 0.6) is 0 Å². The van der Waals surface area contributed by atoms with Crippen LogP contribution in [0.2, 0.25) is 0 Å². The second kappa shape index (κ2) is 7.41. The largest absolute Gasteiger partial charge is 0.390 e. The number of carbonyl (C=O) groups excluding carboxylic acids is 1. The molecule has 4 heteroatoms. The molecule has 1 aromatic heterocycles. The Morgan fingerprint density at radius 1 is 1.03 bits per heavy atom. The normalized spacial score (nSPS) is 43.5. The predicted octanol–water partition coefficient (Wildman–Crippen LogP) is 5.63. The second-order valence-electron chi connectivity index (χ2n) is 12.2. The first kappa shape index (κ1) is 20.9. The van der Waals surface area contributed by atoms with E-state index < -0.39 is 5.60 Å². The van der Waals surface area contributed by atoms with Crippen LogP contribution in [0.15, 0.2) is 30.5 Å². The summed E-state index contributed by atoms with van der Waals surface area (Å²) in [5.74, 6) is 4.43. The van der Waals surface area contributed by atoms with Crippen LogP contribution < -0.4 is 0 Å². The van der Waals surface area contributed by atoms with Crippen molar-refractivity contribution < 1.29 is 9.90 Å². The lowest BCUT2D eigenvalue weighted by Gasteiger charge is -2.56. The number of aromatic nitrogens is 2. The Kier molecular flexibility index (Phi) is 4.84. The number of carbonyl (C=O) groups is 1. The lowest BCUT2D eigenvalue weighted by Crippen LogP contribution is -2.51. The van der Waals surface area contributed by atoms with Gasteiger partial charge < -0.3 is 5.11 Å². The van der Waals surface area contributed by atoms with Gasteiger partial charge >= 0.3 is 0 Å². The zero-order chi connectivity index (χ0) is 22.1. The first-order chi connectivity index (χ1) is 15.3. The number of nitrogens with zero attached hydrogens (tertiary/aromatic N) is 2. The molecule has 2 aromatic rings. The minimum absolute atomic E-state index is 0.165. The van der Waals surface area contributed by atoms with Crippen molar-refractivity contribution in [3.8, 4) is 0 Å². The molecule has 0 radical (unpaired) electrons. The zero-order valence-corrected chi connectivity index (χ0v) is 19.7. The van der Waals surface area contributed by atoms with Crippen LogP contribution in [-0.4, -0.2) is 26.3 Å². The van der Waals surface area contributed by atoms with Gasteiger partial charge in [-0.05, 0) is 106 Å². The molecule has 0 spiro atoms. The van der Waals surface area contributed by atoms with Crippen LogP contribution in [0.4, 0.5) is 0 Å². The summed E-state index contributed by atoms with van der Waals surface area (Å²) in [6, 6.07) is 8.12. The van der Waals surface area contributed by atoms with Gasteiger partial charge in [-0.25, -0.2) is 0 Å². The van der Waals surface area contributed by atoms with E-state index in [2.05, 4.69) is 18.1 Å². The fraction of sp³-hybridized carbons (Fsp3) is 0.714. The quantitative estimate of drug-likeness (QED) is 0.682. The molecule has 0 saturated heterocycles. The molecule has 0 amide bonds. The third-order valence-corrected chi connectivity index (χ3v) is 10.4. The number of aliphatic hydroxyl groups is 1. The molecule has 4 saturated carbocycles. The van der Waals surface area contributed by atoms with Gasteiger partial charge in [0.05, 0.1) is 17.7 Å². The fourth-order valence-corrected chi connectivity index (χ4v) is 8.98. The van der Waals surface area contributed by atoms with Gasteiger partial charge in [-0.1, -0.05) is 25.1 Å². The Hall–Kier alpha value is -1.68. The lowest BCUT2D eigenvalue weighted by molar-refractivity contribution is -0.133. The number of ketones is 1. The van der Waals surface area contributed by atoms with Crippen molar-refractivity contribution >= 4 is 16.7 Å². The van der Waals surface area contributed by atoms with E-state index in [1.165, 1.54) is 38.5 Å². The van der Waals surface area contributed by atoms with Crippen molar-refractivity contribution in [3.05, 3.63) is 30.5 Å². The van der Waals surface area contributed by atoms with E-state index in [0.717, 1.165) is 53.8 Å². The molecular formula is C28H38N2O2. The first-order valence-electron chi connectivity index (χ1n) is 13.0. The maximum absolute atomic E-state index is 13.5. The standard InChI is InChI=1S/C28H38N2O2/c1-27(32)13-11-20-18(15-27)7-8-22-21(20)12-14-28(2)23(22)9-10-24(28)26(31)17-30-16-19-5-3-4-6-25(19)29-30/h3-6,16,18,20-24,32H,7-15,17H2,1-2H3/t18-,20+,21?,22?,23+,24-,27-,28+/m1/s1. The van der Waals surface area contributed by atoms with Gasteiger partial charge in [-0.15, -0.1) is 0 Å². The first-order valence-corrected chi connectivity index (χ1v) is 13.0. The maximum atomic E-state index is 13.5. The Bertz CT molecular complexity index is 992. The minimum atomic E-state index is -0.445. The molecular weight excluding hydrogens is 396 g/mol. The molecule has 1 aromatic carbocycles.